The summed E-state index contributed by atoms with van der Waals surface area (Å²) < 4.78 is 67.1. The van der Waals surface area contributed by atoms with Gasteiger partial charge in [-0.05, 0) is 24.3 Å². The summed E-state index contributed by atoms with van der Waals surface area (Å²) >= 11 is 0.891. The summed E-state index contributed by atoms with van der Waals surface area (Å²) in [5.41, 5.74) is 0.0816. The van der Waals surface area contributed by atoms with E-state index >= 15 is 0 Å². The molecule has 0 aliphatic carbocycles. The van der Waals surface area contributed by atoms with Crippen molar-refractivity contribution in [2.45, 2.75) is 6.36 Å². The lowest BCUT2D eigenvalue weighted by atomic mass is 10.2. The summed E-state index contributed by atoms with van der Waals surface area (Å²) in [4.78, 5) is 16.0. The van der Waals surface area contributed by atoms with Crippen LogP contribution in [0.1, 0.15) is 10.4 Å². The number of fused-ring (bicyclic) bond motifs is 1. The average molecular weight is 374 g/mol. The largest absolute Gasteiger partial charge is 0.573 e. The van der Waals surface area contributed by atoms with Gasteiger partial charge in [0.25, 0.3) is 5.91 Å². The Labute approximate surface area is 140 Å². The number of aromatic nitrogens is 1. The number of ether oxygens (including phenoxy) is 1. The van der Waals surface area contributed by atoms with Gasteiger partial charge in [0.1, 0.15) is 17.4 Å². The minimum absolute atomic E-state index is 0.0637. The molecule has 3 aromatic rings. The van der Waals surface area contributed by atoms with Crippen molar-refractivity contribution in [2.24, 2.45) is 0 Å². The number of hydrogen-bond acceptors (Lipinski definition) is 4. The first-order chi connectivity index (χ1) is 11.7. The molecule has 0 saturated heterocycles. The molecule has 130 valence electrons. The molecular formula is C15H7F5N2O2S. The van der Waals surface area contributed by atoms with Gasteiger partial charge in [0, 0.05) is 17.7 Å². The number of nitrogens with zero attached hydrogens (tertiary/aromatic N) is 1. The molecule has 0 atom stereocenters. The summed E-state index contributed by atoms with van der Waals surface area (Å²) in [6.07, 6.45) is -4.82. The fourth-order valence-electron chi connectivity index (χ4n) is 2.01. The van der Waals surface area contributed by atoms with E-state index in [2.05, 4.69) is 15.0 Å². The second-order valence-corrected chi connectivity index (χ2v) is 5.84. The highest BCUT2D eigenvalue weighted by Crippen LogP contribution is 2.31. The van der Waals surface area contributed by atoms with E-state index in [1.165, 1.54) is 6.07 Å². The van der Waals surface area contributed by atoms with Gasteiger partial charge in [0.2, 0.25) is 0 Å². The monoisotopic (exact) mass is 374 g/mol. The van der Waals surface area contributed by atoms with E-state index in [4.69, 9.17) is 0 Å². The Morgan fingerprint density at radius 1 is 1.08 bits per heavy atom. The molecule has 0 spiro atoms. The molecule has 1 aromatic heterocycles. The Balaban J connectivity index is 1.83. The van der Waals surface area contributed by atoms with Crippen LogP contribution in [0.2, 0.25) is 0 Å². The third-order valence-corrected chi connectivity index (χ3v) is 3.87. The van der Waals surface area contributed by atoms with E-state index in [-0.39, 0.29) is 10.7 Å². The first kappa shape index (κ1) is 17.1. The van der Waals surface area contributed by atoms with Crippen LogP contribution in [0.3, 0.4) is 0 Å². The van der Waals surface area contributed by atoms with Gasteiger partial charge in [-0.25, -0.2) is 13.8 Å². The SMILES string of the molecule is O=C(Nc1nc2ccc(OC(F)(F)F)cc2s1)c1cc(F)cc(F)c1. The van der Waals surface area contributed by atoms with Crippen molar-refractivity contribution in [1.82, 2.24) is 4.98 Å². The lowest BCUT2D eigenvalue weighted by Gasteiger charge is -2.07. The molecule has 1 N–H and O–H groups in total. The fraction of sp³-hybridized carbons (Fsp3) is 0.0667. The smallest absolute Gasteiger partial charge is 0.406 e. The lowest BCUT2D eigenvalue weighted by Crippen LogP contribution is -2.16. The number of carbonyl (C=O) groups is 1. The number of thiazole rings is 1. The van der Waals surface area contributed by atoms with Crippen molar-refractivity contribution in [3.05, 3.63) is 53.6 Å². The van der Waals surface area contributed by atoms with E-state index in [0.29, 0.717) is 16.3 Å². The van der Waals surface area contributed by atoms with Crippen molar-refractivity contribution in [3.8, 4) is 5.75 Å². The van der Waals surface area contributed by atoms with E-state index in [1.54, 1.807) is 0 Å². The van der Waals surface area contributed by atoms with Gasteiger partial charge in [-0.3, -0.25) is 10.1 Å². The van der Waals surface area contributed by atoms with E-state index < -0.39 is 29.7 Å². The predicted molar refractivity (Wildman–Crippen MR) is 80.6 cm³/mol. The van der Waals surface area contributed by atoms with Crippen LogP contribution in [-0.4, -0.2) is 17.3 Å². The third kappa shape index (κ3) is 4.21. The Morgan fingerprint density at radius 2 is 1.76 bits per heavy atom. The molecule has 4 nitrogen and oxygen atoms in total. The highest BCUT2D eigenvalue weighted by molar-refractivity contribution is 7.22. The average Bonchev–Trinajstić information content (AvgIpc) is 2.85. The normalized spacial score (nSPS) is 11.6. The van der Waals surface area contributed by atoms with Crippen LogP contribution in [-0.2, 0) is 0 Å². The number of hydrogen-bond donors (Lipinski definition) is 1. The summed E-state index contributed by atoms with van der Waals surface area (Å²) in [5.74, 6) is -3.05. The number of halogens is 5. The van der Waals surface area contributed by atoms with Crippen LogP contribution in [0.5, 0.6) is 5.75 Å². The molecule has 25 heavy (non-hydrogen) atoms. The van der Waals surface area contributed by atoms with Crippen molar-refractivity contribution in [1.29, 1.82) is 0 Å². The molecule has 1 heterocycles. The summed E-state index contributed by atoms with van der Waals surface area (Å²) in [5, 5.41) is 2.41. The molecule has 0 fully saturated rings. The van der Waals surface area contributed by atoms with Crippen molar-refractivity contribution < 1.29 is 31.5 Å². The van der Waals surface area contributed by atoms with Gasteiger partial charge in [-0.2, -0.15) is 0 Å². The van der Waals surface area contributed by atoms with E-state index in [9.17, 15) is 26.7 Å². The summed E-state index contributed by atoms with van der Waals surface area (Å²) in [7, 11) is 0. The first-order valence-electron chi connectivity index (χ1n) is 6.63. The van der Waals surface area contributed by atoms with Gasteiger partial charge >= 0.3 is 6.36 Å². The van der Waals surface area contributed by atoms with Gasteiger partial charge < -0.3 is 4.74 Å². The molecule has 0 aliphatic rings. The Morgan fingerprint density at radius 3 is 2.40 bits per heavy atom. The molecule has 0 radical (unpaired) electrons. The minimum Gasteiger partial charge on any atom is -0.406 e. The number of amides is 1. The zero-order valence-electron chi connectivity index (χ0n) is 12.0. The summed E-state index contributed by atoms with van der Waals surface area (Å²) in [6.45, 7) is 0. The van der Waals surface area contributed by atoms with Crippen LogP contribution >= 0.6 is 11.3 Å². The Hall–Kier alpha value is -2.75. The molecular weight excluding hydrogens is 367 g/mol. The van der Waals surface area contributed by atoms with Gasteiger partial charge in [-0.15, -0.1) is 13.2 Å². The van der Waals surface area contributed by atoms with Crippen LogP contribution in [0.25, 0.3) is 10.2 Å². The lowest BCUT2D eigenvalue weighted by molar-refractivity contribution is -0.274. The molecule has 10 heteroatoms. The highest BCUT2D eigenvalue weighted by Gasteiger charge is 2.31. The molecule has 0 unspecified atom stereocenters. The number of alkyl halides is 3. The van der Waals surface area contributed by atoms with Crippen molar-refractivity contribution in [2.75, 3.05) is 5.32 Å². The van der Waals surface area contributed by atoms with Crippen LogP contribution in [0.15, 0.2) is 36.4 Å². The minimum atomic E-state index is -4.82. The highest BCUT2D eigenvalue weighted by atomic mass is 32.1. The van der Waals surface area contributed by atoms with Gasteiger partial charge in [-0.1, -0.05) is 11.3 Å². The standard InChI is InChI=1S/C15H7F5N2O2S/c16-8-3-7(4-9(17)5-8)13(23)22-14-21-11-2-1-10(6-12(11)25-14)24-15(18,19)20/h1-6H,(H,21,22,23). The number of anilines is 1. The van der Waals surface area contributed by atoms with E-state index in [0.717, 1.165) is 35.6 Å². The topological polar surface area (TPSA) is 51.2 Å². The van der Waals surface area contributed by atoms with Gasteiger partial charge in [0.05, 0.1) is 10.2 Å². The molecule has 1 amide bonds. The fourth-order valence-corrected chi connectivity index (χ4v) is 2.90. The maximum absolute atomic E-state index is 13.1. The van der Waals surface area contributed by atoms with Crippen molar-refractivity contribution >= 4 is 32.6 Å². The second-order valence-electron chi connectivity index (χ2n) is 4.81. The zero-order chi connectivity index (χ0) is 18.2. The molecule has 2 aromatic carbocycles. The maximum atomic E-state index is 13.1. The number of carbonyl (C=O) groups excluding carboxylic acids is 1. The van der Waals surface area contributed by atoms with Crippen molar-refractivity contribution in [3.63, 3.8) is 0 Å². The Kier molecular flexibility index (Phi) is 4.29. The first-order valence-corrected chi connectivity index (χ1v) is 7.45. The number of rotatable bonds is 3. The molecule has 3 rings (SSSR count). The maximum Gasteiger partial charge on any atom is 0.573 e. The predicted octanol–water partition coefficient (Wildman–Crippen LogP) is 4.73. The van der Waals surface area contributed by atoms with Crippen LogP contribution < -0.4 is 10.1 Å². The Bertz CT molecular complexity index is 934. The molecule has 0 bridgehead atoms. The number of nitrogens with one attached hydrogen (secondary N) is 1. The van der Waals surface area contributed by atoms with Crippen LogP contribution in [0, 0.1) is 11.6 Å². The van der Waals surface area contributed by atoms with Gasteiger partial charge in [0.15, 0.2) is 5.13 Å². The summed E-state index contributed by atoms with van der Waals surface area (Å²) in [6, 6.07) is 5.82. The second kappa shape index (κ2) is 6.28. The quantitative estimate of drug-likeness (QED) is 0.675. The number of benzene rings is 2. The van der Waals surface area contributed by atoms with Crippen LogP contribution in [0.4, 0.5) is 27.1 Å². The third-order valence-electron chi connectivity index (χ3n) is 2.94. The zero-order valence-corrected chi connectivity index (χ0v) is 12.8. The molecule has 0 aliphatic heterocycles. The molecule has 0 saturated carbocycles. The van der Waals surface area contributed by atoms with E-state index in [1.807, 2.05) is 0 Å².